The fourth-order valence-corrected chi connectivity index (χ4v) is 2.48. The van der Waals surface area contributed by atoms with Crippen LogP contribution in [0, 0.1) is 6.92 Å². The molecule has 2 aromatic carbocycles. The Morgan fingerprint density at radius 1 is 0.923 bits per heavy atom. The molecule has 6 nitrogen and oxygen atoms in total. The molecule has 0 amide bonds. The van der Waals surface area contributed by atoms with Gasteiger partial charge in [-0.1, -0.05) is 6.07 Å². The molecule has 0 bridgehead atoms. The maximum absolute atomic E-state index is 11.4. The van der Waals surface area contributed by atoms with E-state index < -0.39 is 0 Å². The molecule has 3 rings (SSSR count). The number of aromatic nitrogens is 2. The number of hydrogen-bond acceptors (Lipinski definition) is 6. The third-order valence-electron chi connectivity index (χ3n) is 3.74. The van der Waals surface area contributed by atoms with Crippen LogP contribution in [0.5, 0.6) is 5.75 Å². The highest BCUT2D eigenvalue weighted by atomic mass is 16.5. The van der Waals surface area contributed by atoms with Gasteiger partial charge in [0.25, 0.3) is 0 Å². The molecule has 6 heteroatoms. The Morgan fingerprint density at radius 3 is 2.19 bits per heavy atom. The van der Waals surface area contributed by atoms with Gasteiger partial charge in [-0.15, -0.1) is 0 Å². The summed E-state index contributed by atoms with van der Waals surface area (Å²) in [5, 5.41) is 6.49. The average Bonchev–Trinajstić information content (AvgIpc) is 2.62. The molecule has 0 spiro atoms. The number of carbonyl (C=O) groups excluding carboxylic acids is 1. The van der Waals surface area contributed by atoms with Gasteiger partial charge in [0.1, 0.15) is 23.2 Å². The van der Waals surface area contributed by atoms with Gasteiger partial charge in [0.05, 0.1) is 7.11 Å². The summed E-state index contributed by atoms with van der Waals surface area (Å²) in [7, 11) is 1.63. The molecule has 2 N–H and O–H groups in total. The number of nitrogens with zero attached hydrogens (tertiary/aromatic N) is 2. The van der Waals surface area contributed by atoms with E-state index in [0.29, 0.717) is 23.0 Å². The highest BCUT2D eigenvalue weighted by Crippen LogP contribution is 2.23. The van der Waals surface area contributed by atoms with E-state index in [1.807, 2.05) is 49.4 Å². The van der Waals surface area contributed by atoms with E-state index in [-0.39, 0.29) is 5.78 Å². The smallest absolute Gasteiger partial charge is 0.159 e. The minimum atomic E-state index is 0.0409. The number of Topliss-reactive ketones (excluding diaryl/α,β-unsaturated/α-hetero) is 1. The Labute approximate surface area is 152 Å². The number of anilines is 4. The van der Waals surface area contributed by atoms with Crippen LogP contribution in [0.4, 0.5) is 23.0 Å². The summed E-state index contributed by atoms with van der Waals surface area (Å²) in [6.07, 6.45) is 0. The quantitative estimate of drug-likeness (QED) is 0.640. The van der Waals surface area contributed by atoms with E-state index in [1.165, 1.54) is 0 Å². The van der Waals surface area contributed by atoms with E-state index >= 15 is 0 Å². The number of aryl methyl sites for hydroxylation is 1. The molecule has 26 heavy (non-hydrogen) atoms. The minimum Gasteiger partial charge on any atom is -0.497 e. The monoisotopic (exact) mass is 348 g/mol. The summed E-state index contributed by atoms with van der Waals surface area (Å²) in [4.78, 5) is 20.2. The summed E-state index contributed by atoms with van der Waals surface area (Å²) >= 11 is 0. The third-order valence-corrected chi connectivity index (χ3v) is 3.74. The van der Waals surface area contributed by atoms with Crippen LogP contribution in [0.15, 0.2) is 54.6 Å². The number of ether oxygens (including phenoxy) is 1. The van der Waals surface area contributed by atoms with Gasteiger partial charge in [0.2, 0.25) is 0 Å². The predicted octanol–water partition coefficient (Wildman–Crippen LogP) is 4.48. The molecule has 0 saturated heterocycles. The number of carbonyl (C=O) groups is 1. The van der Waals surface area contributed by atoms with Crippen LogP contribution in [-0.2, 0) is 0 Å². The number of benzene rings is 2. The molecule has 0 saturated carbocycles. The number of nitrogens with one attached hydrogen (secondary N) is 2. The van der Waals surface area contributed by atoms with Crippen LogP contribution >= 0.6 is 0 Å². The summed E-state index contributed by atoms with van der Waals surface area (Å²) in [6.45, 7) is 3.38. The molecule has 0 radical (unpaired) electrons. The molecule has 0 fully saturated rings. The van der Waals surface area contributed by atoms with Crippen molar-refractivity contribution in [2.24, 2.45) is 0 Å². The van der Waals surface area contributed by atoms with Gasteiger partial charge < -0.3 is 15.4 Å². The first-order valence-corrected chi connectivity index (χ1v) is 8.18. The molecule has 0 aliphatic heterocycles. The zero-order valence-electron chi connectivity index (χ0n) is 14.9. The molecule has 0 atom stereocenters. The molecule has 1 heterocycles. The van der Waals surface area contributed by atoms with Crippen molar-refractivity contribution in [3.05, 3.63) is 66.0 Å². The zero-order valence-corrected chi connectivity index (χ0v) is 14.9. The Bertz CT molecular complexity index is 923. The first kappa shape index (κ1) is 17.4. The van der Waals surface area contributed by atoms with E-state index in [1.54, 1.807) is 26.2 Å². The van der Waals surface area contributed by atoms with Gasteiger partial charge in [-0.2, -0.15) is 0 Å². The first-order chi connectivity index (χ1) is 12.5. The van der Waals surface area contributed by atoms with Crippen LogP contribution in [0.2, 0.25) is 0 Å². The van der Waals surface area contributed by atoms with Crippen molar-refractivity contribution in [1.82, 2.24) is 9.97 Å². The van der Waals surface area contributed by atoms with Crippen molar-refractivity contribution in [2.45, 2.75) is 13.8 Å². The van der Waals surface area contributed by atoms with E-state index in [4.69, 9.17) is 4.74 Å². The summed E-state index contributed by atoms with van der Waals surface area (Å²) in [5.41, 5.74) is 2.40. The molecule has 0 aliphatic rings. The SMILES string of the molecule is COc1cccc(Nc2cc(Nc3ccc(C(C)=O)cc3)nc(C)n2)c1. The standard InChI is InChI=1S/C20H20N4O2/c1-13(25)15-7-9-16(10-8-15)23-19-12-20(22-14(2)21-19)24-17-5-4-6-18(11-17)26-3/h4-12H,1-3H3,(H2,21,22,23,24). The summed E-state index contributed by atoms with van der Waals surface area (Å²) < 4.78 is 5.24. The largest absolute Gasteiger partial charge is 0.497 e. The number of rotatable bonds is 6. The Balaban J connectivity index is 1.79. The van der Waals surface area contributed by atoms with Gasteiger partial charge in [-0.05, 0) is 50.2 Å². The van der Waals surface area contributed by atoms with Crippen molar-refractivity contribution >= 4 is 28.8 Å². The average molecular weight is 348 g/mol. The number of ketones is 1. The van der Waals surface area contributed by atoms with Crippen LogP contribution in [0.25, 0.3) is 0 Å². The Hall–Kier alpha value is -3.41. The summed E-state index contributed by atoms with van der Waals surface area (Å²) in [6, 6.07) is 16.7. The lowest BCUT2D eigenvalue weighted by molar-refractivity contribution is 0.101. The highest BCUT2D eigenvalue weighted by Gasteiger charge is 2.05. The molecular weight excluding hydrogens is 328 g/mol. The van der Waals surface area contributed by atoms with Crippen LogP contribution in [0.3, 0.4) is 0 Å². The predicted molar refractivity (Wildman–Crippen MR) is 103 cm³/mol. The molecule has 132 valence electrons. The molecule has 3 aromatic rings. The lowest BCUT2D eigenvalue weighted by Crippen LogP contribution is -2.02. The van der Waals surface area contributed by atoms with E-state index in [2.05, 4.69) is 20.6 Å². The fraction of sp³-hybridized carbons (Fsp3) is 0.150. The molecule has 0 unspecified atom stereocenters. The molecular formula is C20H20N4O2. The van der Waals surface area contributed by atoms with Crippen molar-refractivity contribution in [1.29, 1.82) is 0 Å². The van der Waals surface area contributed by atoms with E-state index in [9.17, 15) is 4.79 Å². The Kier molecular flexibility index (Phi) is 5.12. The topological polar surface area (TPSA) is 76.1 Å². The van der Waals surface area contributed by atoms with Gasteiger partial charge >= 0.3 is 0 Å². The second-order valence-corrected chi connectivity index (χ2v) is 5.80. The summed E-state index contributed by atoms with van der Waals surface area (Å²) in [5.74, 6) is 2.79. The van der Waals surface area contributed by atoms with Crippen LogP contribution in [0.1, 0.15) is 23.1 Å². The van der Waals surface area contributed by atoms with E-state index in [0.717, 1.165) is 17.1 Å². The lowest BCUT2D eigenvalue weighted by Gasteiger charge is -2.11. The fourth-order valence-electron chi connectivity index (χ4n) is 2.48. The number of methoxy groups -OCH3 is 1. The van der Waals surface area contributed by atoms with Crippen molar-refractivity contribution < 1.29 is 9.53 Å². The second-order valence-electron chi connectivity index (χ2n) is 5.80. The Morgan fingerprint density at radius 2 is 1.58 bits per heavy atom. The number of hydrogen-bond donors (Lipinski definition) is 2. The van der Waals surface area contributed by atoms with Gasteiger partial charge in [0.15, 0.2) is 5.78 Å². The third kappa shape index (κ3) is 4.36. The van der Waals surface area contributed by atoms with Gasteiger partial charge in [-0.3, -0.25) is 4.79 Å². The van der Waals surface area contributed by atoms with Crippen molar-refractivity contribution in [2.75, 3.05) is 17.7 Å². The van der Waals surface area contributed by atoms with Crippen LogP contribution in [-0.4, -0.2) is 22.9 Å². The molecule has 0 aliphatic carbocycles. The first-order valence-electron chi connectivity index (χ1n) is 8.18. The maximum Gasteiger partial charge on any atom is 0.159 e. The zero-order chi connectivity index (χ0) is 18.5. The van der Waals surface area contributed by atoms with Gasteiger partial charge in [-0.25, -0.2) is 9.97 Å². The van der Waals surface area contributed by atoms with Crippen molar-refractivity contribution in [3.8, 4) is 5.75 Å². The molecule has 1 aromatic heterocycles. The maximum atomic E-state index is 11.4. The highest BCUT2D eigenvalue weighted by molar-refractivity contribution is 5.94. The van der Waals surface area contributed by atoms with Crippen LogP contribution < -0.4 is 15.4 Å². The van der Waals surface area contributed by atoms with Crippen molar-refractivity contribution in [3.63, 3.8) is 0 Å². The second kappa shape index (κ2) is 7.65. The normalized spacial score (nSPS) is 10.3. The minimum absolute atomic E-state index is 0.0409. The van der Waals surface area contributed by atoms with Gasteiger partial charge in [0, 0.05) is 29.1 Å². The lowest BCUT2D eigenvalue weighted by atomic mass is 10.1.